The Morgan fingerprint density at radius 3 is 2.57 bits per heavy atom. The number of rotatable bonds is 1. The largest absolute Gasteiger partial charge is 0.262 e. The third-order valence-electron chi connectivity index (χ3n) is 3.34. The van der Waals surface area contributed by atoms with E-state index in [0.717, 1.165) is 17.3 Å². The predicted octanol–water partition coefficient (Wildman–Crippen LogP) is 4.85. The molecule has 2 aromatic heterocycles. The minimum absolute atomic E-state index is 0.144. The minimum atomic E-state index is -0.706. The zero-order valence-corrected chi connectivity index (χ0v) is 12.2. The molecular formula is C16H11ClF2N2. The third-order valence-corrected chi connectivity index (χ3v) is 3.81. The molecule has 0 unspecified atom stereocenters. The summed E-state index contributed by atoms with van der Waals surface area (Å²) >= 11 is 6.26. The molecule has 0 aliphatic rings. The van der Waals surface area contributed by atoms with E-state index in [4.69, 9.17) is 11.6 Å². The Balaban J connectivity index is 2.37. The first kappa shape index (κ1) is 13.9. The molecule has 106 valence electrons. The van der Waals surface area contributed by atoms with Gasteiger partial charge in [-0.3, -0.25) is 4.98 Å². The van der Waals surface area contributed by atoms with Crippen LogP contribution in [0.2, 0.25) is 5.02 Å². The quantitative estimate of drug-likeness (QED) is 0.642. The normalized spacial score (nSPS) is 11.1. The summed E-state index contributed by atoms with van der Waals surface area (Å²) in [6.45, 7) is 3.63. The van der Waals surface area contributed by atoms with E-state index in [9.17, 15) is 8.78 Å². The number of aromatic nitrogens is 2. The number of fused-ring (bicyclic) bond motifs is 1. The van der Waals surface area contributed by atoms with Gasteiger partial charge < -0.3 is 0 Å². The van der Waals surface area contributed by atoms with Crippen LogP contribution in [-0.4, -0.2) is 9.97 Å². The standard InChI is InChI=1S/C16H11ClF2N2/c1-8-5-10(3-4-20-8)16-9(2)15(17)14-12(19)6-11(18)7-13(14)21-16/h3-7H,1-2H3. The Labute approximate surface area is 125 Å². The van der Waals surface area contributed by atoms with Crippen LogP contribution in [0.3, 0.4) is 0 Å². The summed E-state index contributed by atoms with van der Waals surface area (Å²) in [7, 11) is 0. The molecule has 0 amide bonds. The molecule has 0 bridgehead atoms. The van der Waals surface area contributed by atoms with Crippen molar-refractivity contribution in [3.63, 3.8) is 0 Å². The van der Waals surface area contributed by atoms with Crippen LogP contribution in [0.15, 0.2) is 30.5 Å². The highest BCUT2D eigenvalue weighted by atomic mass is 35.5. The van der Waals surface area contributed by atoms with Crippen molar-refractivity contribution in [2.45, 2.75) is 13.8 Å². The molecule has 3 aromatic rings. The molecule has 2 heterocycles. The lowest BCUT2D eigenvalue weighted by atomic mass is 10.0. The van der Waals surface area contributed by atoms with Gasteiger partial charge >= 0.3 is 0 Å². The van der Waals surface area contributed by atoms with Crippen molar-refractivity contribution in [1.82, 2.24) is 9.97 Å². The molecular weight excluding hydrogens is 294 g/mol. The van der Waals surface area contributed by atoms with Gasteiger partial charge in [0.2, 0.25) is 0 Å². The fourth-order valence-electron chi connectivity index (χ4n) is 2.34. The lowest BCUT2D eigenvalue weighted by molar-refractivity contribution is 0.591. The Morgan fingerprint density at radius 1 is 1.10 bits per heavy atom. The lowest BCUT2D eigenvalue weighted by Crippen LogP contribution is -1.96. The molecule has 0 atom stereocenters. The Kier molecular flexibility index (Phi) is 3.33. The highest BCUT2D eigenvalue weighted by Crippen LogP contribution is 2.34. The molecule has 0 N–H and O–H groups in total. The van der Waals surface area contributed by atoms with E-state index in [2.05, 4.69) is 9.97 Å². The summed E-state index contributed by atoms with van der Waals surface area (Å²) in [6.07, 6.45) is 1.66. The van der Waals surface area contributed by atoms with Crippen LogP contribution in [0.4, 0.5) is 8.78 Å². The molecule has 0 radical (unpaired) electrons. The van der Waals surface area contributed by atoms with E-state index >= 15 is 0 Å². The second-order valence-electron chi connectivity index (χ2n) is 4.87. The number of hydrogen-bond donors (Lipinski definition) is 0. The Bertz CT molecular complexity index is 863. The summed E-state index contributed by atoms with van der Waals surface area (Å²) in [5.74, 6) is -1.38. The van der Waals surface area contributed by atoms with Crippen molar-refractivity contribution >= 4 is 22.5 Å². The van der Waals surface area contributed by atoms with Gasteiger partial charge in [0.05, 0.1) is 21.6 Å². The molecule has 5 heteroatoms. The first-order valence-corrected chi connectivity index (χ1v) is 6.73. The molecule has 0 saturated heterocycles. The van der Waals surface area contributed by atoms with Crippen molar-refractivity contribution in [1.29, 1.82) is 0 Å². The smallest absolute Gasteiger partial charge is 0.137 e. The fourth-order valence-corrected chi connectivity index (χ4v) is 2.61. The van der Waals surface area contributed by atoms with Gasteiger partial charge in [0.1, 0.15) is 11.6 Å². The number of pyridine rings is 2. The van der Waals surface area contributed by atoms with Gasteiger partial charge in [-0.15, -0.1) is 0 Å². The minimum Gasteiger partial charge on any atom is -0.262 e. The summed E-state index contributed by atoms with van der Waals surface area (Å²) in [5.41, 5.74) is 3.10. The summed E-state index contributed by atoms with van der Waals surface area (Å²) < 4.78 is 27.3. The maximum Gasteiger partial charge on any atom is 0.137 e. The Morgan fingerprint density at radius 2 is 1.86 bits per heavy atom. The highest BCUT2D eigenvalue weighted by Gasteiger charge is 2.16. The van der Waals surface area contributed by atoms with Gasteiger partial charge in [0.25, 0.3) is 0 Å². The molecule has 2 nitrogen and oxygen atoms in total. The van der Waals surface area contributed by atoms with E-state index in [-0.39, 0.29) is 15.9 Å². The van der Waals surface area contributed by atoms with Gasteiger partial charge in [-0.05, 0) is 31.5 Å². The number of benzene rings is 1. The maximum absolute atomic E-state index is 13.9. The van der Waals surface area contributed by atoms with Gasteiger partial charge in [0, 0.05) is 29.6 Å². The second-order valence-corrected chi connectivity index (χ2v) is 5.24. The first-order valence-electron chi connectivity index (χ1n) is 6.35. The van der Waals surface area contributed by atoms with Crippen LogP contribution in [0, 0.1) is 25.5 Å². The Hall–Kier alpha value is -2.07. The summed E-state index contributed by atoms with van der Waals surface area (Å²) in [5, 5.41) is 0.395. The average molecular weight is 305 g/mol. The zero-order valence-electron chi connectivity index (χ0n) is 11.4. The summed E-state index contributed by atoms with van der Waals surface area (Å²) in [6, 6.07) is 5.64. The number of nitrogens with zero attached hydrogens (tertiary/aromatic N) is 2. The van der Waals surface area contributed by atoms with Crippen molar-refractivity contribution in [3.8, 4) is 11.3 Å². The zero-order chi connectivity index (χ0) is 15.1. The van der Waals surface area contributed by atoms with Gasteiger partial charge in [-0.2, -0.15) is 0 Å². The maximum atomic E-state index is 13.9. The second kappa shape index (κ2) is 5.04. The van der Waals surface area contributed by atoms with E-state index in [1.807, 2.05) is 13.0 Å². The molecule has 0 aliphatic carbocycles. The SMILES string of the molecule is Cc1cc(-c2nc3cc(F)cc(F)c3c(Cl)c2C)ccn1. The van der Waals surface area contributed by atoms with Crippen molar-refractivity contribution in [2.75, 3.05) is 0 Å². The van der Waals surface area contributed by atoms with Crippen LogP contribution in [-0.2, 0) is 0 Å². The lowest BCUT2D eigenvalue weighted by Gasteiger charge is -2.11. The van der Waals surface area contributed by atoms with Gasteiger partial charge in [0.15, 0.2) is 0 Å². The third kappa shape index (κ3) is 2.36. The van der Waals surface area contributed by atoms with Crippen molar-refractivity contribution in [3.05, 3.63) is 58.4 Å². The molecule has 21 heavy (non-hydrogen) atoms. The highest BCUT2D eigenvalue weighted by molar-refractivity contribution is 6.36. The molecule has 0 fully saturated rings. The number of aryl methyl sites for hydroxylation is 1. The fraction of sp³-hybridized carbons (Fsp3) is 0.125. The van der Waals surface area contributed by atoms with E-state index in [0.29, 0.717) is 11.3 Å². The van der Waals surface area contributed by atoms with Gasteiger partial charge in [-0.1, -0.05) is 11.6 Å². The summed E-state index contributed by atoms with van der Waals surface area (Å²) in [4.78, 5) is 8.50. The van der Waals surface area contributed by atoms with Crippen LogP contribution in [0.5, 0.6) is 0 Å². The van der Waals surface area contributed by atoms with Crippen LogP contribution in [0.25, 0.3) is 22.2 Å². The molecule has 3 rings (SSSR count). The monoisotopic (exact) mass is 304 g/mol. The van der Waals surface area contributed by atoms with Crippen molar-refractivity contribution in [2.24, 2.45) is 0 Å². The topological polar surface area (TPSA) is 25.8 Å². The van der Waals surface area contributed by atoms with E-state index in [1.165, 1.54) is 6.07 Å². The number of halogens is 3. The van der Waals surface area contributed by atoms with E-state index in [1.54, 1.807) is 19.2 Å². The first-order chi connectivity index (χ1) is 9.97. The van der Waals surface area contributed by atoms with Crippen LogP contribution < -0.4 is 0 Å². The van der Waals surface area contributed by atoms with Crippen LogP contribution in [0.1, 0.15) is 11.3 Å². The predicted molar refractivity (Wildman–Crippen MR) is 79.4 cm³/mol. The van der Waals surface area contributed by atoms with Crippen LogP contribution >= 0.6 is 11.6 Å². The molecule has 0 saturated carbocycles. The van der Waals surface area contributed by atoms with Crippen molar-refractivity contribution < 1.29 is 8.78 Å². The molecule has 0 aliphatic heterocycles. The average Bonchev–Trinajstić information content (AvgIpc) is 2.42. The molecule has 1 aromatic carbocycles. The van der Waals surface area contributed by atoms with Gasteiger partial charge in [-0.25, -0.2) is 13.8 Å². The molecule has 0 spiro atoms. The van der Waals surface area contributed by atoms with E-state index < -0.39 is 11.6 Å². The number of hydrogen-bond acceptors (Lipinski definition) is 2.